The Kier molecular flexibility index (Phi) is 22.6. The van der Waals surface area contributed by atoms with Crippen LogP contribution in [0.3, 0.4) is 0 Å². The van der Waals surface area contributed by atoms with E-state index < -0.39 is 0 Å². The van der Waals surface area contributed by atoms with E-state index in [2.05, 4.69) is 62.4 Å². The van der Waals surface area contributed by atoms with Gasteiger partial charge >= 0.3 is 0 Å². The van der Waals surface area contributed by atoms with Crippen LogP contribution in [0.4, 0.5) is 0 Å². The van der Waals surface area contributed by atoms with Crippen molar-refractivity contribution in [3.05, 3.63) is 70.8 Å². The van der Waals surface area contributed by atoms with Crippen molar-refractivity contribution in [3.63, 3.8) is 0 Å². The van der Waals surface area contributed by atoms with Gasteiger partial charge in [-0.1, -0.05) is 178 Å². The standard InChI is InChI=1S/C40H66O/c1-3-5-7-9-11-13-15-17-19-21-23-37-25-29-39(30-26-37)33-35-41-36-34-40-31-27-38(28-32-40)24-22-20-18-16-14-12-10-8-6-4-2/h25-32H,3-24,33-36H2,1-2H3. The van der Waals surface area contributed by atoms with Gasteiger partial charge in [0, 0.05) is 0 Å². The molecule has 0 heterocycles. The second kappa shape index (κ2) is 26.1. The summed E-state index contributed by atoms with van der Waals surface area (Å²) in [5.41, 5.74) is 5.78. The summed E-state index contributed by atoms with van der Waals surface area (Å²) in [5.74, 6) is 0. The molecule has 0 atom stereocenters. The Labute approximate surface area is 256 Å². The van der Waals surface area contributed by atoms with Crippen molar-refractivity contribution in [1.29, 1.82) is 0 Å². The molecule has 232 valence electrons. The summed E-state index contributed by atoms with van der Waals surface area (Å²) in [7, 11) is 0. The van der Waals surface area contributed by atoms with Gasteiger partial charge in [-0.3, -0.25) is 0 Å². The summed E-state index contributed by atoms with van der Waals surface area (Å²) >= 11 is 0. The van der Waals surface area contributed by atoms with Gasteiger partial charge in [0.05, 0.1) is 13.2 Å². The van der Waals surface area contributed by atoms with Crippen LogP contribution in [0.15, 0.2) is 48.5 Å². The van der Waals surface area contributed by atoms with Crippen LogP contribution in [0.25, 0.3) is 0 Å². The number of benzene rings is 2. The molecule has 2 rings (SSSR count). The largest absolute Gasteiger partial charge is 0.381 e. The molecule has 1 heteroatoms. The van der Waals surface area contributed by atoms with Gasteiger partial charge in [0.15, 0.2) is 0 Å². The highest BCUT2D eigenvalue weighted by atomic mass is 16.5. The lowest BCUT2D eigenvalue weighted by Crippen LogP contribution is -2.03. The Morgan fingerprint density at radius 1 is 0.317 bits per heavy atom. The summed E-state index contributed by atoms with van der Waals surface area (Å²) in [4.78, 5) is 0. The van der Waals surface area contributed by atoms with Gasteiger partial charge in [0.2, 0.25) is 0 Å². The third-order valence-electron chi connectivity index (χ3n) is 8.75. The van der Waals surface area contributed by atoms with Crippen molar-refractivity contribution >= 4 is 0 Å². The summed E-state index contributed by atoms with van der Waals surface area (Å²) in [6, 6.07) is 18.6. The van der Waals surface area contributed by atoms with E-state index in [1.54, 1.807) is 0 Å². The van der Waals surface area contributed by atoms with Gasteiger partial charge in [-0.15, -0.1) is 0 Å². The van der Waals surface area contributed by atoms with Crippen LogP contribution in [0.2, 0.25) is 0 Å². The molecule has 0 unspecified atom stereocenters. The number of ether oxygens (including phenoxy) is 1. The fourth-order valence-electron chi connectivity index (χ4n) is 5.86. The van der Waals surface area contributed by atoms with Crippen LogP contribution >= 0.6 is 0 Å². The zero-order valence-corrected chi connectivity index (χ0v) is 27.4. The molecule has 0 aliphatic rings. The maximum absolute atomic E-state index is 5.98. The van der Waals surface area contributed by atoms with Crippen molar-refractivity contribution in [2.24, 2.45) is 0 Å². The van der Waals surface area contributed by atoms with Crippen LogP contribution in [-0.2, 0) is 30.4 Å². The first-order valence-electron chi connectivity index (χ1n) is 18.0. The fraction of sp³-hybridized carbons (Fsp3) is 0.700. The average Bonchev–Trinajstić information content (AvgIpc) is 3.00. The van der Waals surface area contributed by atoms with Crippen molar-refractivity contribution < 1.29 is 4.74 Å². The maximum atomic E-state index is 5.98. The molecule has 0 spiro atoms. The maximum Gasteiger partial charge on any atom is 0.0506 e. The van der Waals surface area contributed by atoms with Gasteiger partial charge in [0.1, 0.15) is 0 Å². The number of unbranched alkanes of at least 4 members (excludes halogenated alkanes) is 18. The highest BCUT2D eigenvalue weighted by Crippen LogP contribution is 2.15. The van der Waals surface area contributed by atoms with E-state index in [0.717, 1.165) is 26.1 Å². The van der Waals surface area contributed by atoms with Crippen LogP contribution in [0.5, 0.6) is 0 Å². The molecular weight excluding hydrogens is 496 g/mol. The monoisotopic (exact) mass is 563 g/mol. The van der Waals surface area contributed by atoms with E-state index in [1.807, 2.05) is 0 Å². The predicted octanol–water partition coefficient (Wildman–Crippen LogP) is 12.4. The van der Waals surface area contributed by atoms with E-state index in [1.165, 1.54) is 164 Å². The third-order valence-corrected chi connectivity index (χ3v) is 8.75. The van der Waals surface area contributed by atoms with Gasteiger partial charge in [0.25, 0.3) is 0 Å². The molecule has 0 aliphatic heterocycles. The fourth-order valence-corrected chi connectivity index (χ4v) is 5.86. The summed E-state index contributed by atoms with van der Waals surface area (Å²) < 4.78 is 5.98. The first-order chi connectivity index (χ1) is 20.3. The molecule has 1 nitrogen and oxygen atoms in total. The highest BCUT2D eigenvalue weighted by Gasteiger charge is 2.00. The Morgan fingerprint density at radius 3 is 0.854 bits per heavy atom. The smallest absolute Gasteiger partial charge is 0.0506 e. The summed E-state index contributed by atoms with van der Waals surface area (Å²) in [5, 5.41) is 0. The van der Waals surface area contributed by atoms with E-state index >= 15 is 0 Å². The quantitative estimate of drug-likeness (QED) is 0.0937. The highest BCUT2D eigenvalue weighted by molar-refractivity contribution is 5.23. The topological polar surface area (TPSA) is 9.23 Å². The molecule has 2 aromatic carbocycles. The van der Waals surface area contributed by atoms with E-state index in [-0.39, 0.29) is 0 Å². The van der Waals surface area contributed by atoms with E-state index in [0.29, 0.717) is 0 Å². The zero-order valence-electron chi connectivity index (χ0n) is 27.4. The van der Waals surface area contributed by atoms with Crippen LogP contribution in [-0.4, -0.2) is 13.2 Å². The minimum atomic E-state index is 0.814. The van der Waals surface area contributed by atoms with E-state index in [4.69, 9.17) is 4.74 Å². The van der Waals surface area contributed by atoms with Crippen molar-refractivity contribution in [2.45, 2.75) is 168 Å². The SMILES string of the molecule is CCCCCCCCCCCCc1ccc(CCOCCc2ccc(CCCCCCCCCCCC)cc2)cc1. The number of rotatable bonds is 28. The molecule has 0 fully saturated rings. The van der Waals surface area contributed by atoms with Gasteiger partial charge in [-0.05, 0) is 60.8 Å². The zero-order chi connectivity index (χ0) is 29.1. The second-order valence-corrected chi connectivity index (χ2v) is 12.6. The second-order valence-electron chi connectivity index (χ2n) is 12.6. The molecule has 0 saturated carbocycles. The summed E-state index contributed by atoms with van der Waals surface area (Å²) in [6.07, 6.45) is 32.6. The number of hydrogen-bond acceptors (Lipinski definition) is 1. The third kappa shape index (κ3) is 20.0. The Balaban J connectivity index is 1.42. The Morgan fingerprint density at radius 2 is 0.561 bits per heavy atom. The molecule has 0 aliphatic carbocycles. The Bertz CT molecular complexity index is 736. The molecule has 0 radical (unpaired) electrons. The lowest BCUT2D eigenvalue weighted by Gasteiger charge is -2.07. The van der Waals surface area contributed by atoms with Crippen molar-refractivity contribution in [2.75, 3.05) is 13.2 Å². The first-order valence-corrected chi connectivity index (χ1v) is 18.0. The lowest BCUT2D eigenvalue weighted by molar-refractivity contribution is 0.140. The molecule has 41 heavy (non-hydrogen) atoms. The average molecular weight is 563 g/mol. The van der Waals surface area contributed by atoms with Gasteiger partial charge in [-0.2, -0.15) is 0 Å². The number of aryl methyl sites for hydroxylation is 2. The first kappa shape index (κ1) is 35.6. The van der Waals surface area contributed by atoms with Crippen LogP contribution < -0.4 is 0 Å². The Hall–Kier alpha value is -1.60. The summed E-state index contributed by atoms with van der Waals surface area (Å²) in [6.45, 7) is 6.22. The molecule has 0 saturated heterocycles. The molecule has 0 N–H and O–H groups in total. The van der Waals surface area contributed by atoms with Gasteiger partial charge in [-0.25, -0.2) is 0 Å². The number of hydrogen-bond donors (Lipinski definition) is 0. The van der Waals surface area contributed by atoms with Crippen molar-refractivity contribution in [3.8, 4) is 0 Å². The minimum Gasteiger partial charge on any atom is -0.381 e. The van der Waals surface area contributed by atoms with Crippen molar-refractivity contribution in [1.82, 2.24) is 0 Å². The lowest BCUT2D eigenvalue weighted by atomic mass is 10.0. The molecule has 0 amide bonds. The van der Waals surface area contributed by atoms with E-state index in [9.17, 15) is 0 Å². The molecule has 0 aromatic heterocycles. The predicted molar refractivity (Wildman–Crippen MR) is 182 cm³/mol. The van der Waals surface area contributed by atoms with Crippen LogP contribution in [0.1, 0.15) is 165 Å². The molecule has 0 bridgehead atoms. The normalized spacial score (nSPS) is 11.4. The van der Waals surface area contributed by atoms with Gasteiger partial charge < -0.3 is 4.74 Å². The molecule has 2 aromatic rings. The molecular formula is C40H66O. The minimum absolute atomic E-state index is 0.814. The van der Waals surface area contributed by atoms with Crippen LogP contribution in [0, 0.1) is 0 Å².